The van der Waals surface area contributed by atoms with E-state index in [2.05, 4.69) is 15.2 Å². The molecule has 0 fully saturated rings. The van der Waals surface area contributed by atoms with Crippen LogP contribution < -0.4 is 15.2 Å². The Hall–Kier alpha value is -2.08. The van der Waals surface area contributed by atoms with E-state index in [1.165, 1.54) is 0 Å². The first-order valence-corrected chi connectivity index (χ1v) is 6.47. The van der Waals surface area contributed by atoms with Crippen molar-refractivity contribution in [2.75, 3.05) is 14.2 Å². The van der Waals surface area contributed by atoms with E-state index in [4.69, 9.17) is 15.2 Å². The number of ether oxygens (including phenoxy) is 2. The highest BCUT2D eigenvalue weighted by Gasteiger charge is 2.16. The van der Waals surface area contributed by atoms with E-state index < -0.39 is 0 Å². The molecule has 0 saturated heterocycles. The number of nitrogens with zero attached hydrogens (tertiary/aromatic N) is 2. The van der Waals surface area contributed by atoms with Gasteiger partial charge in [-0.15, -0.1) is 0 Å². The Labute approximate surface area is 118 Å². The molecule has 1 atom stereocenters. The van der Waals surface area contributed by atoms with Crippen LogP contribution in [0.5, 0.6) is 11.5 Å². The number of hydrogen-bond acceptors (Lipinski definition) is 5. The maximum absolute atomic E-state index is 6.05. The lowest BCUT2D eigenvalue weighted by Gasteiger charge is -2.11. The van der Waals surface area contributed by atoms with Crippen LogP contribution in [0.3, 0.4) is 0 Å². The molecule has 20 heavy (non-hydrogen) atoms. The molecule has 0 aliphatic carbocycles. The Morgan fingerprint density at radius 2 is 1.85 bits per heavy atom. The summed E-state index contributed by atoms with van der Waals surface area (Å²) in [6, 6.07) is 5.39. The third-order valence-electron chi connectivity index (χ3n) is 3.18. The Kier molecular flexibility index (Phi) is 4.24. The van der Waals surface area contributed by atoms with Crippen molar-refractivity contribution in [3.05, 3.63) is 24.0 Å². The summed E-state index contributed by atoms with van der Waals surface area (Å²) < 4.78 is 10.5. The molecule has 0 bridgehead atoms. The maximum Gasteiger partial charge on any atom is 0.181 e. The molecule has 0 unspecified atom stereocenters. The predicted octanol–water partition coefficient (Wildman–Crippen LogP) is 2.14. The van der Waals surface area contributed by atoms with Gasteiger partial charge in [-0.05, 0) is 24.1 Å². The van der Waals surface area contributed by atoms with Gasteiger partial charge >= 0.3 is 0 Å². The van der Waals surface area contributed by atoms with Gasteiger partial charge in [0.05, 0.1) is 20.3 Å². The normalized spacial score (nSPS) is 12.5. The minimum Gasteiger partial charge on any atom is -0.493 e. The molecule has 0 spiro atoms. The second-order valence-electron chi connectivity index (χ2n) is 4.88. The molecular weight excluding hydrogens is 256 g/mol. The molecule has 2 aromatic rings. The fourth-order valence-electron chi connectivity index (χ4n) is 1.84. The Balaban J connectivity index is 2.33. The number of aromatic amines is 1. The molecule has 2 rings (SSSR count). The van der Waals surface area contributed by atoms with E-state index in [-0.39, 0.29) is 6.04 Å². The standard InChI is InChI=1S/C14H20N4O2/c1-8(2)12(15)14-16-13(17-18-14)9-5-6-10(19-3)11(7-9)20-4/h5-8,12H,15H2,1-4H3,(H,16,17,18)/t12-/m0/s1. The minimum absolute atomic E-state index is 0.156. The predicted molar refractivity (Wildman–Crippen MR) is 76.7 cm³/mol. The van der Waals surface area contributed by atoms with Gasteiger partial charge in [-0.1, -0.05) is 13.8 Å². The molecule has 0 aliphatic heterocycles. The van der Waals surface area contributed by atoms with Crippen molar-refractivity contribution in [2.24, 2.45) is 11.7 Å². The van der Waals surface area contributed by atoms with E-state index >= 15 is 0 Å². The van der Waals surface area contributed by atoms with Gasteiger partial charge in [0, 0.05) is 5.56 Å². The number of methoxy groups -OCH3 is 2. The van der Waals surface area contributed by atoms with Crippen LogP contribution >= 0.6 is 0 Å². The first-order valence-electron chi connectivity index (χ1n) is 6.47. The molecule has 108 valence electrons. The molecule has 3 N–H and O–H groups in total. The quantitative estimate of drug-likeness (QED) is 0.873. The summed E-state index contributed by atoms with van der Waals surface area (Å²) in [5.41, 5.74) is 6.90. The number of aromatic nitrogens is 3. The summed E-state index contributed by atoms with van der Waals surface area (Å²) in [6.07, 6.45) is 0. The number of nitrogens with one attached hydrogen (secondary N) is 1. The third-order valence-corrected chi connectivity index (χ3v) is 3.18. The Morgan fingerprint density at radius 3 is 2.45 bits per heavy atom. The van der Waals surface area contributed by atoms with Crippen molar-refractivity contribution in [3.8, 4) is 22.9 Å². The van der Waals surface area contributed by atoms with Crippen molar-refractivity contribution in [1.82, 2.24) is 15.2 Å². The smallest absolute Gasteiger partial charge is 0.181 e. The zero-order valence-electron chi connectivity index (χ0n) is 12.2. The van der Waals surface area contributed by atoms with E-state index in [1.54, 1.807) is 14.2 Å². The van der Waals surface area contributed by atoms with Gasteiger partial charge in [-0.2, -0.15) is 5.10 Å². The van der Waals surface area contributed by atoms with Crippen molar-refractivity contribution >= 4 is 0 Å². The van der Waals surface area contributed by atoms with E-state index in [1.807, 2.05) is 32.0 Å². The average molecular weight is 276 g/mol. The van der Waals surface area contributed by atoms with Gasteiger partial charge in [-0.25, -0.2) is 4.98 Å². The fraction of sp³-hybridized carbons (Fsp3) is 0.429. The lowest BCUT2D eigenvalue weighted by atomic mass is 10.1. The summed E-state index contributed by atoms with van der Waals surface area (Å²) in [5, 5.41) is 7.10. The lowest BCUT2D eigenvalue weighted by molar-refractivity contribution is 0.355. The number of benzene rings is 1. The fourth-order valence-corrected chi connectivity index (χ4v) is 1.84. The molecule has 0 saturated carbocycles. The van der Waals surface area contributed by atoms with Crippen LogP contribution in [-0.4, -0.2) is 29.4 Å². The van der Waals surface area contributed by atoms with Gasteiger partial charge < -0.3 is 15.2 Å². The van der Waals surface area contributed by atoms with Crippen LogP contribution in [0.1, 0.15) is 25.7 Å². The second kappa shape index (κ2) is 5.92. The monoisotopic (exact) mass is 276 g/mol. The first-order chi connectivity index (χ1) is 9.56. The van der Waals surface area contributed by atoms with Gasteiger partial charge in [0.15, 0.2) is 17.3 Å². The summed E-state index contributed by atoms with van der Waals surface area (Å²) in [4.78, 5) is 4.44. The van der Waals surface area contributed by atoms with E-state index in [0.29, 0.717) is 29.1 Å². The van der Waals surface area contributed by atoms with E-state index in [9.17, 15) is 0 Å². The highest BCUT2D eigenvalue weighted by atomic mass is 16.5. The number of rotatable bonds is 5. The van der Waals surface area contributed by atoms with Crippen molar-refractivity contribution in [2.45, 2.75) is 19.9 Å². The Bertz CT molecular complexity index is 580. The summed E-state index contributed by atoms with van der Waals surface area (Å²) in [6.45, 7) is 4.09. The first kappa shape index (κ1) is 14.3. The zero-order chi connectivity index (χ0) is 14.7. The maximum atomic E-state index is 6.05. The van der Waals surface area contributed by atoms with Crippen molar-refractivity contribution in [1.29, 1.82) is 0 Å². The second-order valence-corrected chi connectivity index (χ2v) is 4.88. The van der Waals surface area contributed by atoms with Gasteiger partial charge in [0.2, 0.25) is 0 Å². The summed E-state index contributed by atoms with van der Waals surface area (Å²) in [5.74, 6) is 2.89. The van der Waals surface area contributed by atoms with Crippen LogP contribution in [-0.2, 0) is 0 Å². The van der Waals surface area contributed by atoms with Crippen LogP contribution in [0, 0.1) is 5.92 Å². The summed E-state index contributed by atoms with van der Waals surface area (Å²) in [7, 11) is 3.20. The van der Waals surface area contributed by atoms with Crippen LogP contribution in [0.25, 0.3) is 11.4 Å². The van der Waals surface area contributed by atoms with Crippen LogP contribution in [0.2, 0.25) is 0 Å². The lowest BCUT2D eigenvalue weighted by Crippen LogP contribution is -2.18. The van der Waals surface area contributed by atoms with Crippen LogP contribution in [0.4, 0.5) is 0 Å². The topological polar surface area (TPSA) is 86.0 Å². The number of H-pyrrole nitrogens is 1. The van der Waals surface area contributed by atoms with Crippen LogP contribution in [0.15, 0.2) is 18.2 Å². The highest BCUT2D eigenvalue weighted by molar-refractivity contribution is 5.60. The highest BCUT2D eigenvalue weighted by Crippen LogP contribution is 2.31. The Morgan fingerprint density at radius 1 is 1.15 bits per heavy atom. The molecule has 1 aromatic carbocycles. The molecular formula is C14H20N4O2. The summed E-state index contributed by atoms with van der Waals surface area (Å²) >= 11 is 0. The molecule has 1 aromatic heterocycles. The molecule has 0 radical (unpaired) electrons. The third kappa shape index (κ3) is 2.75. The van der Waals surface area contributed by atoms with E-state index in [0.717, 1.165) is 5.56 Å². The van der Waals surface area contributed by atoms with Crippen molar-refractivity contribution < 1.29 is 9.47 Å². The molecule has 6 nitrogen and oxygen atoms in total. The zero-order valence-corrected chi connectivity index (χ0v) is 12.2. The molecule has 0 aliphatic rings. The average Bonchev–Trinajstić information content (AvgIpc) is 2.95. The largest absolute Gasteiger partial charge is 0.493 e. The number of nitrogens with two attached hydrogens (primary N) is 1. The van der Waals surface area contributed by atoms with Gasteiger partial charge in [0.25, 0.3) is 0 Å². The van der Waals surface area contributed by atoms with Crippen molar-refractivity contribution in [3.63, 3.8) is 0 Å². The molecule has 6 heteroatoms. The van der Waals surface area contributed by atoms with Gasteiger partial charge in [-0.3, -0.25) is 5.10 Å². The molecule has 1 heterocycles. The SMILES string of the molecule is COc1ccc(-c2n[nH]c([C@@H](N)C(C)C)n2)cc1OC. The number of hydrogen-bond donors (Lipinski definition) is 2. The van der Waals surface area contributed by atoms with Gasteiger partial charge in [0.1, 0.15) is 5.82 Å². The molecule has 0 amide bonds. The minimum atomic E-state index is -0.156.